The Morgan fingerprint density at radius 1 is 1.13 bits per heavy atom. The van der Waals surface area contributed by atoms with Crippen LogP contribution in [0, 0.1) is 6.92 Å². The Hall–Kier alpha value is -4.21. The van der Waals surface area contributed by atoms with Crippen LogP contribution in [-0.2, 0) is 16.1 Å². The molecule has 3 amide bonds. The van der Waals surface area contributed by atoms with Gasteiger partial charge in [0.15, 0.2) is 12.4 Å². The highest BCUT2D eigenvalue weighted by Crippen LogP contribution is 2.26. The molecule has 0 spiro atoms. The topological polar surface area (TPSA) is 132 Å². The van der Waals surface area contributed by atoms with E-state index in [4.69, 9.17) is 13.7 Å². The Balaban J connectivity index is 1.41. The molecule has 0 fully saturated rings. The van der Waals surface area contributed by atoms with E-state index in [9.17, 15) is 19.2 Å². The second-order valence-corrected chi connectivity index (χ2v) is 6.48. The van der Waals surface area contributed by atoms with E-state index in [1.165, 1.54) is 30.5 Å². The number of furan rings is 1. The van der Waals surface area contributed by atoms with E-state index in [-0.39, 0.29) is 29.1 Å². The summed E-state index contributed by atoms with van der Waals surface area (Å²) in [6.45, 7) is 1.10. The van der Waals surface area contributed by atoms with Crippen LogP contribution in [0.2, 0.25) is 0 Å². The number of ether oxygens (including phenoxy) is 1. The molecule has 0 unspecified atom stereocenters. The molecule has 0 bridgehead atoms. The van der Waals surface area contributed by atoms with Gasteiger partial charge in [0.1, 0.15) is 11.5 Å². The monoisotopic (exact) mass is 409 g/mol. The molecular weight excluding hydrogens is 394 g/mol. The van der Waals surface area contributed by atoms with E-state index in [1.54, 1.807) is 19.1 Å². The van der Waals surface area contributed by atoms with Gasteiger partial charge in [-0.25, -0.2) is 4.79 Å². The lowest BCUT2D eigenvalue weighted by Gasteiger charge is -2.11. The standard InChI is InChI=1S/C20H15N3O7/c1-11-7-16(22-30-11)21-17(24)10-29-20(27)12-4-5-14-15(8-12)19(26)23(18(14)25)9-13-3-2-6-28-13/h2-8H,9-10H2,1H3,(H,21,22,24). The largest absolute Gasteiger partial charge is 0.467 e. The van der Waals surface area contributed by atoms with Gasteiger partial charge in [0.25, 0.3) is 17.7 Å². The highest BCUT2D eigenvalue weighted by Gasteiger charge is 2.36. The maximum atomic E-state index is 12.6. The quantitative estimate of drug-likeness (QED) is 0.484. The summed E-state index contributed by atoms with van der Waals surface area (Å²) in [5.41, 5.74) is 0.311. The van der Waals surface area contributed by atoms with Crippen molar-refractivity contribution in [1.29, 1.82) is 0 Å². The van der Waals surface area contributed by atoms with Crippen LogP contribution in [0.25, 0.3) is 0 Å². The number of fused-ring (bicyclic) bond motifs is 1. The van der Waals surface area contributed by atoms with Crippen molar-refractivity contribution in [2.24, 2.45) is 0 Å². The summed E-state index contributed by atoms with van der Waals surface area (Å²) in [4.78, 5) is 50.3. The van der Waals surface area contributed by atoms with Crippen LogP contribution in [0.15, 0.2) is 51.6 Å². The van der Waals surface area contributed by atoms with Crippen LogP contribution < -0.4 is 5.32 Å². The molecule has 10 nitrogen and oxygen atoms in total. The predicted octanol–water partition coefficient (Wildman–Crippen LogP) is 2.17. The molecule has 0 saturated carbocycles. The first kappa shape index (κ1) is 19.1. The molecule has 4 rings (SSSR count). The maximum Gasteiger partial charge on any atom is 0.338 e. The molecule has 1 aromatic carbocycles. The van der Waals surface area contributed by atoms with Crippen molar-refractivity contribution >= 4 is 29.5 Å². The molecule has 30 heavy (non-hydrogen) atoms. The van der Waals surface area contributed by atoms with Crippen LogP contribution in [-0.4, -0.2) is 40.4 Å². The fourth-order valence-corrected chi connectivity index (χ4v) is 2.94. The SMILES string of the molecule is Cc1cc(NC(=O)COC(=O)c2ccc3c(c2)C(=O)N(Cc2ccco2)C3=O)no1. The molecule has 0 aliphatic carbocycles. The van der Waals surface area contributed by atoms with E-state index >= 15 is 0 Å². The minimum absolute atomic E-state index is 0.0131. The number of benzene rings is 1. The summed E-state index contributed by atoms with van der Waals surface area (Å²) in [7, 11) is 0. The number of aromatic nitrogens is 1. The number of nitrogens with zero attached hydrogens (tertiary/aromatic N) is 2. The lowest BCUT2D eigenvalue weighted by Crippen LogP contribution is -2.28. The van der Waals surface area contributed by atoms with Crippen molar-refractivity contribution in [1.82, 2.24) is 10.1 Å². The van der Waals surface area contributed by atoms with Gasteiger partial charge < -0.3 is 19.0 Å². The van der Waals surface area contributed by atoms with Gasteiger partial charge in [0.05, 0.1) is 29.5 Å². The van der Waals surface area contributed by atoms with Gasteiger partial charge in [-0.1, -0.05) is 5.16 Å². The van der Waals surface area contributed by atoms with Crippen molar-refractivity contribution in [3.63, 3.8) is 0 Å². The van der Waals surface area contributed by atoms with Gasteiger partial charge in [0, 0.05) is 6.07 Å². The zero-order chi connectivity index (χ0) is 21.3. The Kier molecular flexibility index (Phi) is 4.88. The molecule has 0 saturated heterocycles. The number of rotatable bonds is 6. The maximum absolute atomic E-state index is 12.6. The molecule has 10 heteroatoms. The minimum atomic E-state index is -0.811. The Morgan fingerprint density at radius 3 is 2.63 bits per heavy atom. The molecule has 2 aromatic heterocycles. The molecule has 1 aliphatic rings. The lowest BCUT2D eigenvalue weighted by atomic mass is 10.1. The Bertz CT molecular complexity index is 1150. The van der Waals surface area contributed by atoms with Gasteiger partial charge >= 0.3 is 5.97 Å². The summed E-state index contributed by atoms with van der Waals surface area (Å²) < 4.78 is 15.0. The van der Waals surface area contributed by atoms with E-state index in [2.05, 4.69) is 10.5 Å². The van der Waals surface area contributed by atoms with Gasteiger partial charge in [-0.05, 0) is 37.3 Å². The normalized spacial score (nSPS) is 12.8. The zero-order valence-corrected chi connectivity index (χ0v) is 15.7. The number of hydrogen-bond acceptors (Lipinski definition) is 8. The number of imide groups is 1. The number of anilines is 1. The van der Waals surface area contributed by atoms with E-state index in [1.807, 2.05) is 0 Å². The van der Waals surface area contributed by atoms with E-state index in [0.29, 0.717) is 11.5 Å². The molecule has 1 N–H and O–H groups in total. The number of carbonyl (C=O) groups excluding carboxylic acids is 4. The number of hydrogen-bond donors (Lipinski definition) is 1. The Labute approximate surface area is 169 Å². The number of amides is 3. The first-order chi connectivity index (χ1) is 14.4. The third-order valence-corrected chi connectivity index (χ3v) is 4.33. The molecule has 152 valence electrons. The lowest BCUT2D eigenvalue weighted by molar-refractivity contribution is -0.119. The van der Waals surface area contributed by atoms with Crippen molar-refractivity contribution in [3.8, 4) is 0 Å². The van der Waals surface area contributed by atoms with Gasteiger partial charge in [-0.2, -0.15) is 0 Å². The van der Waals surface area contributed by atoms with Crippen LogP contribution in [0.3, 0.4) is 0 Å². The fraction of sp³-hybridized carbons (Fsp3) is 0.150. The summed E-state index contributed by atoms with van der Waals surface area (Å²) in [5.74, 6) is -1.26. The van der Waals surface area contributed by atoms with Crippen molar-refractivity contribution < 1.29 is 32.9 Å². The van der Waals surface area contributed by atoms with Gasteiger partial charge in [0.2, 0.25) is 0 Å². The summed E-state index contributed by atoms with van der Waals surface area (Å²) in [6.07, 6.45) is 1.45. The van der Waals surface area contributed by atoms with E-state index < -0.39 is 30.3 Å². The average molecular weight is 409 g/mol. The summed E-state index contributed by atoms with van der Waals surface area (Å²) >= 11 is 0. The number of carbonyl (C=O) groups is 4. The van der Waals surface area contributed by atoms with Crippen molar-refractivity contribution in [3.05, 3.63) is 70.9 Å². The zero-order valence-electron chi connectivity index (χ0n) is 15.7. The molecule has 0 atom stereocenters. The summed E-state index contributed by atoms with van der Waals surface area (Å²) in [6, 6.07) is 8.84. The fourth-order valence-electron chi connectivity index (χ4n) is 2.94. The van der Waals surface area contributed by atoms with Gasteiger partial charge in [-0.3, -0.25) is 19.3 Å². The third kappa shape index (κ3) is 3.70. The number of aryl methyl sites for hydroxylation is 1. The van der Waals surface area contributed by atoms with Crippen molar-refractivity contribution in [2.75, 3.05) is 11.9 Å². The molecule has 0 radical (unpaired) electrons. The van der Waals surface area contributed by atoms with Crippen molar-refractivity contribution in [2.45, 2.75) is 13.5 Å². The van der Waals surface area contributed by atoms with Crippen LogP contribution >= 0.6 is 0 Å². The minimum Gasteiger partial charge on any atom is -0.467 e. The van der Waals surface area contributed by atoms with E-state index in [0.717, 1.165) is 4.90 Å². The highest BCUT2D eigenvalue weighted by atomic mass is 16.5. The predicted molar refractivity (Wildman–Crippen MR) is 99.5 cm³/mol. The molecule has 3 aromatic rings. The molecule has 1 aliphatic heterocycles. The second kappa shape index (κ2) is 7.66. The second-order valence-electron chi connectivity index (χ2n) is 6.48. The average Bonchev–Trinajstić information content (AvgIpc) is 3.44. The number of nitrogens with one attached hydrogen (secondary N) is 1. The number of esters is 1. The molecule has 3 heterocycles. The van der Waals surface area contributed by atoms with Crippen LogP contribution in [0.4, 0.5) is 5.82 Å². The molecular formula is C20H15N3O7. The first-order valence-electron chi connectivity index (χ1n) is 8.85. The highest BCUT2D eigenvalue weighted by molar-refractivity contribution is 6.21. The smallest absolute Gasteiger partial charge is 0.338 e. The van der Waals surface area contributed by atoms with Crippen LogP contribution in [0.5, 0.6) is 0 Å². The van der Waals surface area contributed by atoms with Crippen LogP contribution in [0.1, 0.15) is 42.6 Å². The first-order valence-corrected chi connectivity index (χ1v) is 8.85. The Morgan fingerprint density at radius 2 is 1.93 bits per heavy atom. The van der Waals surface area contributed by atoms with Gasteiger partial charge in [-0.15, -0.1) is 0 Å². The summed E-state index contributed by atoms with van der Waals surface area (Å²) in [5, 5.41) is 6.02. The third-order valence-electron chi connectivity index (χ3n) is 4.33.